The van der Waals surface area contributed by atoms with Crippen molar-refractivity contribution in [1.82, 2.24) is 9.97 Å². The summed E-state index contributed by atoms with van der Waals surface area (Å²) in [5.41, 5.74) is 1.54. The van der Waals surface area contributed by atoms with Crippen molar-refractivity contribution in [2.75, 3.05) is 38.0 Å². The van der Waals surface area contributed by atoms with Gasteiger partial charge >= 0.3 is 0 Å². The van der Waals surface area contributed by atoms with Crippen LogP contribution in [0.5, 0.6) is 11.5 Å². The van der Waals surface area contributed by atoms with Crippen molar-refractivity contribution in [2.24, 2.45) is 5.92 Å². The fraction of sp³-hybridized carbons (Fsp3) is 0.320. The van der Waals surface area contributed by atoms with E-state index in [2.05, 4.69) is 32.4 Å². The van der Waals surface area contributed by atoms with Crippen LogP contribution in [-0.2, 0) is 9.53 Å². The quantitative estimate of drug-likeness (QED) is 0.584. The van der Waals surface area contributed by atoms with E-state index in [1.54, 1.807) is 19.5 Å². The lowest BCUT2D eigenvalue weighted by molar-refractivity contribution is -0.117. The molecule has 1 aromatic carbocycles. The number of ether oxygens (including phenoxy) is 3. The van der Waals surface area contributed by atoms with Crippen LogP contribution in [0.1, 0.15) is 24.0 Å². The van der Waals surface area contributed by atoms with Gasteiger partial charge in [0.1, 0.15) is 18.2 Å². The predicted octanol–water partition coefficient (Wildman–Crippen LogP) is 3.21. The average Bonchev–Trinajstić information content (AvgIpc) is 3.68. The Bertz CT molecular complexity index is 1280. The average molecular weight is 444 g/mol. The van der Waals surface area contributed by atoms with Crippen LogP contribution in [0.2, 0.25) is 0 Å². The Morgan fingerprint density at radius 2 is 2.03 bits per heavy atom. The monoisotopic (exact) mass is 444 g/mol. The van der Waals surface area contributed by atoms with Crippen molar-refractivity contribution < 1.29 is 19.0 Å². The molecule has 33 heavy (non-hydrogen) atoms. The number of methoxy groups -OCH3 is 1. The van der Waals surface area contributed by atoms with Crippen molar-refractivity contribution in [1.29, 1.82) is 0 Å². The maximum absolute atomic E-state index is 12.2. The smallest absolute Gasteiger partial charge is 0.228 e. The number of fused-ring (bicyclic) bond motifs is 2. The minimum absolute atomic E-state index is 0.0152. The highest BCUT2D eigenvalue weighted by molar-refractivity contribution is 5.99. The molecule has 168 valence electrons. The van der Waals surface area contributed by atoms with Crippen molar-refractivity contribution in [3.05, 3.63) is 47.8 Å². The zero-order valence-electron chi connectivity index (χ0n) is 18.5. The molecule has 0 spiro atoms. The summed E-state index contributed by atoms with van der Waals surface area (Å²) in [7, 11) is 3.45. The Labute approximate surface area is 191 Å². The summed E-state index contributed by atoms with van der Waals surface area (Å²) in [5, 5.41) is 7.68. The standard InChI is InChI=1S/C25H24N4O4/c1-26-24-20-12-27-23(29-25(30)16-6-7-16)10-19(20)17(11-28-24)5-3-15-4-8-21-22(9-15)32-14-18(33-21)13-31-2/h4,8-12,16,18H,6-7,13-14H2,1-2H3,(H,26,28)(H,27,29,30). The molecule has 3 heterocycles. The first kappa shape index (κ1) is 21.0. The van der Waals surface area contributed by atoms with Gasteiger partial charge in [-0.05, 0) is 37.1 Å². The molecule has 1 aliphatic heterocycles. The lowest BCUT2D eigenvalue weighted by Gasteiger charge is -2.26. The number of anilines is 2. The third-order valence-electron chi connectivity index (χ3n) is 5.56. The Morgan fingerprint density at radius 1 is 1.15 bits per heavy atom. The third kappa shape index (κ3) is 4.54. The number of hydrogen-bond acceptors (Lipinski definition) is 7. The highest BCUT2D eigenvalue weighted by Crippen LogP contribution is 2.33. The molecule has 1 unspecified atom stereocenters. The van der Waals surface area contributed by atoms with Crippen LogP contribution in [0.4, 0.5) is 11.6 Å². The van der Waals surface area contributed by atoms with Gasteiger partial charge in [-0.1, -0.05) is 11.8 Å². The zero-order chi connectivity index (χ0) is 22.8. The predicted molar refractivity (Wildman–Crippen MR) is 125 cm³/mol. The van der Waals surface area contributed by atoms with E-state index < -0.39 is 0 Å². The van der Waals surface area contributed by atoms with E-state index in [0.717, 1.165) is 34.7 Å². The highest BCUT2D eigenvalue weighted by atomic mass is 16.6. The number of amides is 1. The number of nitrogens with one attached hydrogen (secondary N) is 2. The first-order valence-electron chi connectivity index (χ1n) is 10.9. The van der Waals surface area contributed by atoms with Crippen LogP contribution in [0.25, 0.3) is 10.8 Å². The molecule has 1 aliphatic carbocycles. The molecule has 2 N–H and O–H groups in total. The van der Waals surface area contributed by atoms with E-state index in [1.165, 1.54) is 0 Å². The lowest BCUT2D eigenvalue weighted by Crippen LogP contribution is -2.32. The Balaban J connectivity index is 1.45. The lowest BCUT2D eigenvalue weighted by atomic mass is 10.1. The number of carbonyl (C=O) groups is 1. The number of benzene rings is 1. The van der Waals surface area contributed by atoms with E-state index in [0.29, 0.717) is 36.3 Å². The van der Waals surface area contributed by atoms with E-state index in [4.69, 9.17) is 14.2 Å². The maximum atomic E-state index is 12.2. The Hall–Kier alpha value is -3.83. The van der Waals surface area contributed by atoms with Crippen LogP contribution in [0.3, 0.4) is 0 Å². The van der Waals surface area contributed by atoms with Crippen LogP contribution in [0.15, 0.2) is 36.7 Å². The molecular formula is C25H24N4O4. The molecule has 0 bridgehead atoms. The van der Waals surface area contributed by atoms with Gasteiger partial charge in [0.2, 0.25) is 5.91 Å². The summed E-state index contributed by atoms with van der Waals surface area (Å²) in [6.45, 7) is 0.905. The molecular weight excluding hydrogens is 420 g/mol. The fourth-order valence-electron chi connectivity index (χ4n) is 3.68. The zero-order valence-corrected chi connectivity index (χ0v) is 18.5. The summed E-state index contributed by atoms with van der Waals surface area (Å²) in [4.78, 5) is 21.0. The van der Waals surface area contributed by atoms with E-state index in [-0.39, 0.29) is 17.9 Å². The molecule has 0 saturated heterocycles. The van der Waals surface area contributed by atoms with E-state index >= 15 is 0 Å². The van der Waals surface area contributed by atoms with Crippen molar-refractivity contribution in [3.63, 3.8) is 0 Å². The fourth-order valence-corrected chi connectivity index (χ4v) is 3.68. The van der Waals surface area contributed by atoms with Gasteiger partial charge in [-0.2, -0.15) is 0 Å². The van der Waals surface area contributed by atoms with Gasteiger partial charge in [0.05, 0.1) is 12.2 Å². The van der Waals surface area contributed by atoms with Crippen molar-refractivity contribution in [3.8, 4) is 23.3 Å². The molecule has 1 saturated carbocycles. The SMILES string of the molecule is CNc1ncc(C#Cc2ccc3c(c2)OCC(COC)O3)c2cc(NC(=O)C3CC3)ncc12. The summed E-state index contributed by atoms with van der Waals surface area (Å²) in [5.74, 6) is 9.08. The molecule has 1 atom stereocenters. The van der Waals surface area contributed by atoms with Gasteiger partial charge in [-0.15, -0.1) is 0 Å². The largest absolute Gasteiger partial charge is 0.486 e. The van der Waals surface area contributed by atoms with Crippen LogP contribution in [0, 0.1) is 17.8 Å². The molecule has 3 aromatic rings. The summed E-state index contributed by atoms with van der Waals surface area (Å²) < 4.78 is 16.8. The number of carbonyl (C=O) groups excluding carboxylic acids is 1. The maximum Gasteiger partial charge on any atom is 0.228 e. The number of nitrogens with zero attached hydrogens (tertiary/aromatic N) is 2. The van der Waals surface area contributed by atoms with Gasteiger partial charge in [0.15, 0.2) is 17.6 Å². The van der Waals surface area contributed by atoms with Crippen molar-refractivity contribution in [2.45, 2.75) is 18.9 Å². The molecule has 5 rings (SSSR count). The second kappa shape index (κ2) is 8.96. The molecule has 1 amide bonds. The number of rotatable bonds is 5. The molecule has 1 fully saturated rings. The van der Waals surface area contributed by atoms with Gasteiger partial charge in [0.25, 0.3) is 0 Å². The highest BCUT2D eigenvalue weighted by Gasteiger charge is 2.29. The van der Waals surface area contributed by atoms with Gasteiger partial charge < -0.3 is 24.8 Å². The van der Waals surface area contributed by atoms with E-state index in [1.807, 2.05) is 31.3 Å². The van der Waals surface area contributed by atoms with Crippen LogP contribution >= 0.6 is 0 Å². The first-order chi connectivity index (χ1) is 16.1. The van der Waals surface area contributed by atoms with Crippen LogP contribution in [-0.4, -0.2) is 49.4 Å². The van der Waals surface area contributed by atoms with Gasteiger partial charge in [0, 0.05) is 48.8 Å². The number of hydrogen-bond donors (Lipinski definition) is 2. The second-order valence-corrected chi connectivity index (χ2v) is 8.07. The molecule has 2 aliphatic rings. The van der Waals surface area contributed by atoms with Crippen molar-refractivity contribution >= 4 is 28.3 Å². The minimum atomic E-state index is -0.120. The normalized spacial score (nSPS) is 16.6. The number of pyridine rings is 2. The van der Waals surface area contributed by atoms with E-state index in [9.17, 15) is 4.79 Å². The number of aromatic nitrogens is 2. The summed E-state index contributed by atoms with van der Waals surface area (Å²) in [6, 6.07) is 7.47. The molecule has 8 nitrogen and oxygen atoms in total. The molecule has 8 heteroatoms. The molecule has 2 aromatic heterocycles. The second-order valence-electron chi connectivity index (χ2n) is 8.07. The van der Waals surface area contributed by atoms with Gasteiger partial charge in [-0.25, -0.2) is 9.97 Å². The Kier molecular flexibility index (Phi) is 5.71. The summed E-state index contributed by atoms with van der Waals surface area (Å²) >= 11 is 0. The first-order valence-corrected chi connectivity index (χ1v) is 10.9. The van der Waals surface area contributed by atoms with Gasteiger partial charge in [-0.3, -0.25) is 4.79 Å². The Morgan fingerprint density at radius 3 is 2.82 bits per heavy atom. The molecule has 0 radical (unpaired) electrons. The topological polar surface area (TPSA) is 94.6 Å². The van der Waals surface area contributed by atoms with Crippen LogP contribution < -0.4 is 20.1 Å². The minimum Gasteiger partial charge on any atom is -0.486 e. The summed E-state index contributed by atoms with van der Waals surface area (Å²) in [6.07, 6.45) is 5.19. The third-order valence-corrected chi connectivity index (χ3v) is 5.56.